The first-order valence-electron chi connectivity index (χ1n) is 19.9. The van der Waals surface area contributed by atoms with Crippen molar-refractivity contribution in [1.29, 1.82) is 0 Å². The quantitative estimate of drug-likeness (QED) is 0.0559. The topological polar surface area (TPSA) is 104 Å². The SMILES string of the molecule is CC1CCC2C(C)CCC(C(C)C(O)SCCC(=O)OCCCCCCSC3OC4OC(C)CCC5C(C)CCC(C3C)C45OO)C2CO1. The highest BCUT2D eigenvalue weighted by Gasteiger charge is 2.64. The molecule has 15 unspecified atom stereocenters. The molecule has 5 rings (SSSR count). The third kappa shape index (κ3) is 9.54. The molecule has 15 atom stereocenters. The highest BCUT2D eigenvalue weighted by atomic mass is 32.2. The van der Waals surface area contributed by atoms with Crippen molar-refractivity contribution in [2.45, 2.75) is 160 Å². The highest BCUT2D eigenvalue weighted by Crippen LogP contribution is 2.57. The van der Waals surface area contributed by atoms with Gasteiger partial charge in [-0.3, -0.25) is 10.1 Å². The number of aliphatic hydroxyl groups is 1. The fourth-order valence-electron chi connectivity index (χ4n) is 10.3. The molecule has 10 heteroatoms. The van der Waals surface area contributed by atoms with Crippen molar-refractivity contribution in [3.8, 4) is 0 Å². The van der Waals surface area contributed by atoms with Crippen LogP contribution in [-0.2, 0) is 28.6 Å². The second-order valence-electron chi connectivity index (χ2n) is 16.6. The van der Waals surface area contributed by atoms with Gasteiger partial charge in [-0.15, -0.1) is 23.5 Å². The summed E-state index contributed by atoms with van der Waals surface area (Å²) in [6.45, 7) is 14.7. The summed E-state index contributed by atoms with van der Waals surface area (Å²) in [6, 6.07) is 0. The minimum atomic E-state index is -0.770. The molecular formula is C39H68O8S2. The number of unbranched alkanes of at least 4 members (excludes halogenated alkanes) is 3. The van der Waals surface area contributed by atoms with Gasteiger partial charge in [0, 0.05) is 11.7 Å². The maximum Gasteiger partial charge on any atom is 0.306 e. The lowest BCUT2D eigenvalue weighted by atomic mass is 9.58. The molecule has 0 radical (unpaired) electrons. The Hall–Kier alpha value is -0.0700. The number of rotatable bonds is 15. The number of fused-ring (bicyclic) bond motifs is 1. The molecule has 8 nitrogen and oxygen atoms in total. The number of ether oxygens (including phenoxy) is 4. The maximum absolute atomic E-state index is 12.4. The predicted molar refractivity (Wildman–Crippen MR) is 197 cm³/mol. The van der Waals surface area contributed by atoms with Crippen LogP contribution in [0.4, 0.5) is 0 Å². The molecule has 0 spiro atoms. The molecule has 2 aliphatic carbocycles. The number of esters is 1. The molecule has 5 aliphatic rings. The number of thioether (sulfide) groups is 2. The summed E-state index contributed by atoms with van der Waals surface area (Å²) in [5, 5.41) is 21.4. The normalized spacial score (nSPS) is 42.2. The molecular weight excluding hydrogens is 661 g/mol. The van der Waals surface area contributed by atoms with E-state index in [-0.39, 0.29) is 41.2 Å². The molecule has 3 aliphatic heterocycles. The van der Waals surface area contributed by atoms with E-state index < -0.39 is 17.3 Å². The summed E-state index contributed by atoms with van der Waals surface area (Å²) < 4.78 is 24.7. The van der Waals surface area contributed by atoms with E-state index in [0.717, 1.165) is 82.5 Å². The Labute approximate surface area is 305 Å². The van der Waals surface area contributed by atoms with Crippen LogP contribution in [0.15, 0.2) is 0 Å². The van der Waals surface area contributed by atoms with Gasteiger partial charge in [-0.25, -0.2) is 4.89 Å². The smallest absolute Gasteiger partial charge is 0.306 e. The van der Waals surface area contributed by atoms with Gasteiger partial charge in [-0.1, -0.05) is 47.0 Å². The fraction of sp³-hybridized carbons (Fsp3) is 0.974. The second-order valence-corrected chi connectivity index (χ2v) is 19.0. The van der Waals surface area contributed by atoms with Crippen LogP contribution < -0.4 is 0 Å². The average Bonchev–Trinajstić information content (AvgIpc) is 3.37. The van der Waals surface area contributed by atoms with E-state index in [9.17, 15) is 15.2 Å². The van der Waals surface area contributed by atoms with Crippen LogP contribution in [0.25, 0.3) is 0 Å². The largest absolute Gasteiger partial charge is 0.466 e. The van der Waals surface area contributed by atoms with Crippen molar-refractivity contribution < 1.29 is 39.0 Å². The number of carbonyl (C=O) groups excluding carboxylic acids is 1. The molecule has 0 aromatic carbocycles. The van der Waals surface area contributed by atoms with E-state index in [2.05, 4.69) is 41.5 Å². The molecule has 0 aromatic rings. The molecule has 2 saturated carbocycles. The Morgan fingerprint density at radius 1 is 0.837 bits per heavy atom. The first kappa shape index (κ1) is 40.1. The monoisotopic (exact) mass is 728 g/mol. The molecule has 3 saturated heterocycles. The molecule has 0 amide bonds. The van der Waals surface area contributed by atoms with E-state index in [4.69, 9.17) is 23.8 Å². The Kier molecular flexibility index (Phi) is 15.4. The third-order valence-corrected chi connectivity index (χ3v) is 16.0. The summed E-state index contributed by atoms with van der Waals surface area (Å²) in [7, 11) is 0. The van der Waals surface area contributed by atoms with Gasteiger partial charge < -0.3 is 24.1 Å². The van der Waals surface area contributed by atoms with Crippen LogP contribution >= 0.6 is 23.5 Å². The number of hydrogen-bond acceptors (Lipinski definition) is 10. The zero-order valence-corrected chi connectivity index (χ0v) is 32.9. The summed E-state index contributed by atoms with van der Waals surface area (Å²) in [6.07, 6.45) is 13.2. The van der Waals surface area contributed by atoms with Crippen LogP contribution in [0.1, 0.15) is 125 Å². The van der Waals surface area contributed by atoms with Gasteiger partial charge in [-0.05, 0) is 125 Å². The van der Waals surface area contributed by atoms with E-state index in [0.29, 0.717) is 48.6 Å². The lowest BCUT2D eigenvalue weighted by molar-refractivity contribution is -0.438. The van der Waals surface area contributed by atoms with Crippen LogP contribution in [0.3, 0.4) is 0 Å². The first-order valence-corrected chi connectivity index (χ1v) is 22.0. The zero-order valence-electron chi connectivity index (χ0n) is 31.3. The lowest BCUT2D eigenvalue weighted by Crippen LogP contribution is -2.66. The molecule has 5 fully saturated rings. The van der Waals surface area contributed by atoms with E-state index in [1.165, 1.54) is 24.6 Å². The molecule has 2 N–H and O–H groups in total. The minimum absolute atomic E-state index is 0.0240. The summed E-state index contributed by atoms with van der Waals surface area (Å²) in [4.78, 5) is 17.9. The van der Waals surface area contributed by atoms with Crippen molar-refractivity contribution in [3.05, 3.63) is 0 Å². The van der Waals surface area contributed by atoms with E-state index in [1.807, 2.05) is 11.8 Å². The molecule has 284 valence electrons. The fourth-order valence-corrected chi connectivity index (χ4v) is 12.6. The van der Waals surface area contributed by atoms with Crippen LogP contribution in [0.5, 0.6) is 0 Å². The molecule has 0 bridgehead atoms. The highest BCUT2D eigenvalue weighted by molar-refractivity contribution is 7.99. The van der Waals surface area contributed by atoms with E-state index in [1.54, 1.807) is 0 Å². The Balaban J connectivity index is 0.939. The van der Waals surface area contributed by atoms with Crippen molar-refractivity contribution in [3.63, 3.8) is 0 Å². The van der Waals surface area contributed by atoms with Gasteiger partial charge in [0.15, 0.2) is 11.9 Å². The standard InChI is InChI=1S/C39H68O8S2/c1-24-11-15-31(32-23-44-26(3)13-16-30(24)32)28(5)36(41)48-22-19-35(40)43-20-9-7-8-10-21-49-37-29(6)34-17-12-25(2)33-18-14-27(4)45-38(46-37)39(33,34)47-42/h24-34,36-38,41-42H,7-23H2,1-6H3. The first-order chi connectivity index (χ1) is 23.6. The molecule has 49 heavy (non-hydrogen) atoms. The van der Waals surface area contributed by atoms with E-state index >= 15 is 0 Å². The van der Waals surface area contributed by atoms with Gasteiger partial charge in [0.2, 0.25) is 0 Å². The lowest BCUT2D eigenvalue weighted by Gasteiger charge is -2.57. The Bertz CT molecular complexity index is 1020. The summed E-state index contributed by atoms with van der Waals surface area (Å²) in [5.41, 5.74) is -1.21. The summed E-state index contributed by atoms with van der Waals surface area (Å²) in [5.74, 6) is 5.24. The Morgan fingerprint density at radius 3 is 2.37 bits per heavy atom. The van der Waals surface area contributed by atoms with Crippen LogP contribution in [0.2, 0.25) is 0 Å². The van der Waals surface area contributed by atoms with Gasteiger partial charge in [-0.2, -0.15) is 0 Å². The second kappa shape index (κ2) is 18.8. The number of hydrogen-bond donors (Lipinski definition) is 2. The maximum atomic E-state index is 12.4. The third-order valence-electron chi connectivity index (χ3n) is 13.4. The van der Waals surface area contributed by atoms with Gasteiger partial charge >= 0.3 is 5.97 Å². The van der Waals surface area contributed by atoms with Crippen LogP contribution in [-0.4, -0.2) is 76.0 Å². The van der Waals surface area contributed by atoms with Crippen molar-refractivity contribution in [1.82, 2.24) is 0 Å². The molecule has 3 heterocycles. The van der Waals surface area contributed by atoms with Crippen molar-refractivity contribution >= 4 is 29.5 Å². The predicted octanol–water partition coefficient (Wildman–Crippen LogP) is 8.79. The minimum Gasteiger partial charge on any atom is -0.466 e. The molecule has 0 aromatic heterocycles. The van der Waals surface area contributed by atoms with Gasteiger partial charge in [0.1, 0.15) is 10.9 Å². The van der Waals surface area contributed by atoms with Crippen molar-refractivity contribution in [2.24, 2.45) is 53.3 Å². The van der Waals surface area contributed by atoms with Gasteiger partial charge in [0.05, 0.1) is 31.8 Å². The van der Waals surface area contributed by atoms with Gasteiger partial charge in [0.25, 0.3) is 0 Å². The summed E-state index contributed by atoms with van der Waals surface area (Å²) >= 11 is 3.37. The van der Waals surface area contributed by atoms with Crippen molar-refractivity contribution in [2.75, 3.05) is 24.7 Å². The average molecular weight is 729 g/mol. The number of aliphatic hydroxyl groups excluding tert-OH is 1. The zero-order chi connectivity index (χ0) is 35.1. The van der Waals surface area contributed by atoms with Crippen LogP contribution in [0, 0.1) is 53.3 Å². The number of carbonyl (C=O) groups is 1. The Morgan fingerprint density at radius 2 is 1.57 bits per heavy atom.